The van der Waals surface area contributed by atoms with Gasteiger partial charge in [-0.05, 0) is 42.5 Å². The zero-order valence-corrected chi connectivity index (χ0v) is 15.2. The van der Waals surface area contributed by atoms with Crippen molar-refractivity contribution in [3.05, 3.63) is 78.6 Å². The van der Waals surface area contributed by atoms with Crippen molar-refractivity contribution in [2.75, 3.05) is 17.1 Å². The fourth-order valence-corrected chi connectivity index (χ4v) is 3.63. The largest absolute Gasteiger partial charge is 0.495 e. The highest BCUT2D eigenvalue weighted by Crippen LogP contribution is 2.27. The van der Waals surface area contributed by atoms with E-state index in [4.69, 9.17) is 4.74 Å². The van der Waals surface area contributed by atoms with Crippen LogP contribution in [0.2, 0.25) is 0 Å². The first kappa shape index (κ1) is 18.4. The lowest BCUT2D eigenvalue weighted by molar-refractivity contribution is 0.102. The third-order valence-electron chi connectivity index (χ3n) is 3.66. The molecule has 1 amide bonds. The summed E-state index contributed by atoms with van der Waals surface area (Å²) in [7, 11) is -2.62. The Labute approximate surface area is 157 Å². The van der Waals surface area contributed by atoms with Crippen LogP contribution in [0.3, 0.4) is 0 Å². The Morgan fingerprint density at radius 3 is 2.41 bits per heavy atom. The molecule has 138 valence electrons. The van der Waals surface area contributed by atoms with Gasteiger partial charge in [0.1, 0.15) is 10.6 Å². The molecule has 0 saturated carbocycles. The number of hydrogen-bond donors (Lipinski definition) is 2. The number of para-hydroxylation sites is 1. The normalized spacial score (nSPS) is 10.9. The standard InChI is InChI=1S/C19H17N3O4S/c1-26-17-10-9-14(19(23)21-15-6-3-2-4-7-15)12-18(17)27(24,25)22-16-8-5-11-20-13-16/h2-13,22H,1H3,(H,21,23). The molecule has 0 radical (unpaired) electrons. The fraction of sp³-hybridized carbons (Fsp3) is 0.0526. The number of carbonyl (C=O) groups is 1. The number of anilines is 2. The lowest BCUT2D eigenvalue weighted by Gasteiger charge is -2.13. The van der Waals surface area contributed by atoms with Crippen LogP contribution in [-0.2, 0) is 10.0 Å². The average molecular weight is 383 g/mol. The third-order valence-corrected chi connectivity index (χ3v) is 5.06. The topological polar surface area (TPSA) is 97.4 Å². The van der Waals surface area contributed by atoms with Gasteiger partial charge in [-0.25, -0.2) is 8.42 Å². The van der Waals surface area contributed by atoms with Crippen molar-refractivity contribution in [2.24, 2.45) is 0 Å². The lowest BCUT2D eigenvalue weighted by Crippen LogP contribution is -2.17. The molecule has 0 spiro atoms. The molecule has 27 heavy (non-hydrogen) atoms. The highest BCUT2D eigenvalue weighted by Gasteiger charge is 2.22. The van der Waals surface area contributed by atoms with Crippen LogP contribution in [0.4, 0.5) is 11.4 Å². The van der Waals surface area contributed by atoms with Gasteiger partial charge in [-0.15, -0.1) is 0 Å². The first-order chi connectivity index (χ1) is 13.0. The van der Waals surface area contributed by atoms with Gasteiger partial charge in [0.15, 0.2) is 0 Å². The summed E-state index contributed by atoms with van der Waals surface area (Å²) in [5, 5.41) is 2.72. The number of hydrogen-bond acceptors (Lipinski definition) is 5. The molecular weight excluding hydrogens is 366 g/mol. The maximum absolute atomic E-state index is 12.8. The number of benzene rings is 2. The van der Waals surface area contributed by atoms with Crippen molar-refractivity contribution in [1.29, 1.82) is 0 Å². The Morgan fingerprint density at radius 2 is 1.74 bits per heavy atom. The summed E-state index contributed by atoms with van der Waals surface area (Å²) in [6.07, 6.45) is 2.92. The summed E-state index contributed by atoms with van der Waals surface area (Å²) in [5.41, 5.74) is 1.10. The lowest BCUT2D eigenvalue weighted by atomic mass is 10.2. The van der Waals surface area contributed by atoms with Crippen molar-refractivity contribution in [1.82, 2.24) is 4.98 Å². The molecule has 2 N–H and O–H groups in total. The molecule has 0 unspecified atom stereocenters. The molecule has 3 rings (SSSR count). The Kier molecular flexibility index (Phi) is 5.37. The van der Waals surface area contributed by atoms with Crippen molar-refractivity contribution in [2.45, 2.75) is 4.90 Å². The van der Waals surface area contributed by atoms with Gasteiger partial charge in [0.25, 0.3) is 15.9 Å². The van der Waals surface area contributed by atoms with E-state index in [1.807, 2.05) is 6.07 Å². The van der Waals surface area contributed by atoms with Gasteiger partial charge in [0.2, 0.25) is 0 Å². The van der Waals surface area contributed by atoms with Gasteiger partial charge in [-0.3, -0.25) is 14.5 Å². The molecule has 0 fully saturated rings. The molecule has 0 atom stereocenters. The number of rotatable bonds is 6. The average Bonchev–Trinajstić information content (AvgIpc) is 2.68. The van der Waals surface area contributed by atoms with E-state index in [1.165, 1.54) is 37.7 Å². The summed E-state index contributed by atoms with van der Waals surface area (Å²) in [5.74, 6) is -0.302. The van der Waals surface area contributed by atoms with Crippen molar-refractivity contribution in [3.63, 3.8) is 0 Å². The van der Waals surface area contributed by atoms with Gasteiger partial charge in [-0.1, -0.05) is 18.2 Å². The van der Waals surface area contributed by atoms with Crippen LogP contribution in [0.5, 0.6) is 5.75 Å². The number of ether oxygens (including phenoxy) is 1. The highest BCUT2D eigenvalue weighted by molar-refractivity contribution is 7.92. The summed E-state index contributed by atoms with van der Waals surface area (Å²) in [6, 6.07) is 16.3. The quantitative estimate of drug-likeness (QED) is 0.681. The van der Waals surface area contributed by atoms with Gasteiger partial charge >= 0.3 is 0 Å². The van der Waals surface area contributed by atoms with E-state index in [0.29, 0.717) is 11.4 Å². The Balaban J connectivity index is 1.92. The maximum Gasteiger partial charge on any atom is 0.265 e. The monoisotopic (exact) mass is 383 g/mol. The summed E-state index contributed by atoms with van der Waals surface area (Å²) >= 11 is 0. The second kappa shape index (κ2) is 7.88. The predicted octanol–water partition coefficient (Wildman–Crippen LogP) is 3.14. The van der Waals surface area contributed by atoms with Crippen molar-refractivity contribution < 1.29 is 17.9 Å². The molecule has 3 aromatic rings. The second-order valence-corrected chi connectivity index (χ2v) is 7.18. The second-order valence-electron chi connectivity index (χ2n) is 5.53. The van der Waals surface area contributed by atoms with E-state index in [0.717, 1.165) is 0 Å². The van der Waals surface area contributed by atoms with Crippen molar-refractivity contribution in [3.8, 4) is 5.75 Å². The Hall–Kier alpha value is -3.39. The number of pyridine rings is 1. The Morgan fingerprint density at radius 1 is 1.00 bits per heavy atom. The number of carbonyl (C=O) groups excluding carboxylic acids is 1. The smallest absolute Gasteiger partial charge is 0.265 e. The molecule has 0 bridgehead atoms. The molecular formula is C19H17N3O4S. The molecule has 0 aliphatic heterocycles. The molecule has 2 aromatic carbocycles. The SMILES string of the molecule is COc1ccc(C(=O)Nc2ccccc2)cc1S(=O)(=O)Nc1cccnc1. The van der Waals surface area contributed by atoms with E-state index in [1.54, 1.807) is 36.4 Å². The first-order valence-corrected chi connectivity index (χ1v) is 9.45. The van der Waals surface area contributed by atoms with Crippen LogP contribution in [-0.4, -0.2) is 26.4 Å². The molecule has 1 aromatic heterocycles. The fourth-order valence-electron chi connectivity index (χ4n) is 2.39. The Bertz CT molecular complexity index is 1040. The molecule has 7 nitrogen and oxygen atoms in total. The summed E-state index contributed by atoms with van der Waals surface area (Å²) < 4.78 is 33.1. The summed E-state index contributed by atoms with van der Waals surface area (Å²) in [4.78, 5) is 16.2. The van der Waals surface area contributed by atoms with E-state index < -0.39 is 15.9 Å². The minimum Gasteiger partial charge on any atom is -0.495 e. The number of methoxy groups -OCH3 is 1. The minimum absolute atomic E-state index is 0.127. The van der Waals surface area contributed by atoms with Crippen LogP contribution in [0.15, 0.2) is 78.0 Å². The highest BCUT2D eigenvalue weighted by atomic mass is 32.2. The summed E-state index contributed by atoms with van der Waals surface area (Å²) in [6.45, 7) is 0. The van der Waals surface area contributed by atoms with Gasteiger partial charge in [0.05, 0.1) is 19.0 Å². The molecule has 0 aliphatic rings. The van der Waals surface area contributed by atoms with Crippen LogP contribution < -0.4 is 14.8 Å². The van der Waals surface area contributed by atoms with E-state index in [9.17, 15) is 13.2 Å². The molecule has 1 heterocycles. The zero-order valence-electron chi connectivity index (χ0n) is 14.4. The zero-order chi connectivity index (χ0) is 19.3. The van der Waals surface area contributed by atoms with Gasteiger partial charge in [0, 0.05) is 17.4 Å². The van der Waals surface area contributed by atoms with Crippen LogP contribution in [0, 0.1) is 0 Å². The number of nitrogens with one attached hydrogen (secondary N) is 2. The number of nitrogens with zero attached hydrogens (tertiary/aromatic N) is 1. The molecule has 8 heteroatoms. The van der Waals surface area contributed by atoms with E-state index >= 15 is 0 Å². The number of aromatic nitrogens is 1. The van der Waals surface area contributed by atoms with Crippen molar-refractivity contribution >= 4 is 27.3 Å². The van der Waals surface area contributed by atoms with Gasteiger partial charge < -0.3 is 10.1 Å². The number of amides is 1. The van der Waals surface area contributed by atoms with Gasteiger partial charge in [-0.2, -0.15) is 0 Å². The van der Waals surface area contributed by atoms with E-state index in [-0.39, 0.29) is 16.2 Å². The maximum atomic E-state index is 12.8. The van der Waals surface area contributed by atoms with E-state index in [2.05, 4.69) is 15.0 Å². The van der Waals surface area contributed by atoms with Crippen LogP contribution >= 0.6 is 0 Å². The number of sulfonamides is 1. The third kappa shape index (κ3) is 4.42. The van der Waals surface area contributed by atoms with Crippen LogP contribution in [0.25, 0.3) is 0 Å². The predicted molar refractivity (Wildman–Crippen MR) is 102 cm³/mol. The molecule has 0 aliphatic carbocycles. The first-order valence-electron chi connectivity index (χ1n) is 7.97. The molecule has 0 saturated heterocycles. The minimum atomic E-state index is -3.98. The van der Waals surface area contributed by atoms with Crippen LogP contribution in [0.1, 0.15) is 10.4 Å².